The first kappa shape index (κ1) is 21.4. The predicted molar refractivity (Wildman–Crippen MR) is 122 cm³/mol. The molecule has 1 atom stereocenters. The molecular formula is C24H26N4O4. The number of carbonyl (C=O) groups excluding carboxylic acids is 3. The molecule has 1 aliphatic heterocycles. The van der Waals surface area contributed by atoms with Gasteiger partial charge in [0.2, 0.25) is 11.8 Å². The number of aryl methyl sites for hydroxylation is 1. The quantitative estimate of drug-likeness (QED) is 0.557. The van der Waals surface area contributed by atoms with Gasteiger partial charge in [0.15, 0.2) is 0 Å². The molecular weight excluding hydrogens is 408 g/mol. The lowest BCUT2D eigenvalue weighted by Crippen LogP contribution is -2.38. The molecule has 2 aromatic carbocycles. The Kier molecular flexibility index (Phi) is 6.11. The number of hydrogen-bond donors (Lipinski definition) is 2. The van der Waals surface area contributed by atoms with Crippen molar-refractivity contribution in [1.29, 1.82) is 0 Å². The van der Waals surface area contributed by atoms with Crippen LogP contribution in [-0.2, 0) is 16.6 Å². The smallest absolute Gasteiger partial charge is 0.253 e. The summed E-state index contributed by atoms with van der Waals surface area (Å²) < 4.78 is 7.13. The van der Waals surface area contributed by atoms with Gasteiger partial charge in [0.05, 0.1) is 18.6 Å². The number of amides is 3. The molecule has 0 aliphatic carbocycles. The van der Waals surface area contributed by atoms with Crippen LogP contribution in [0.1, 0.15) is 16.8 Å². The molecule has 8 heteroatoms. The van der Waals surface area contributed by atoms with E-state index in [1.54, 1.807) is 30.3 Å². The van der Waals surface area contributed by atoms with E-state index in [1.165, 1.54) is 0 Å². The zero-order valence-corrected chi connectivity index (χ0v) is 18.1. The monoisotopic (exact) mass is 434 g/mol. The van der Waals surface area contributed by atoms with E-state index in [0.29, 0.717) is 36.6 Å². The van der Waals surface area contributed by atoms with Crippen LogP contribution in [0.5, 0.6) is 5.75 Å². The van der Waals surface area contributed by atoms with Crippen molar-refractivity contribution >= 4 is 34.3 Å². The highest BCUT2D eigenvalue weighted by Crippen LogP contribution is 2.28. The summed E-state index contributed by atoms with van der Waals surface area (Å²) in [7, 11) is 3.47. The molecule has 1 aliphatic rings. The molecule has 0 saturated carbocycles. The van der Waals surface area contributed by atoms with Crippen molar-refractivity contribution in [2.24, 2.45) is 13.0 Å². The maximum Gasteiger partial charge on any atom is 0.253 e. The van der Waals surface area contributed by atoms with Crippen molar-refractivity contribution in [2.75, 3.05) is 31.6 Å². The zero-order valence-electron chi connectivity index (χ0n) is 18.1. The highest BCUT2D eigenvalue weighted by atomic mass is 16.5. The van der Waals surface area contributed by atoms with Gasteiger partial charge in [-0.05, 0) is 18.2 Å². The summed E-state index contributed by atoms with van der Waals surface area (Å²) in [4.78, 5) is 39.1. The van der Waals surface area contributed by atoms with Crippen molar-refractivity contribution in [3.8, 4) is 5.75 Å². The summed E-state index contributed by atoms with van der Waals surface area (Å²) in [6, 6.07) is 14.9. The first-order valence-electron chi connectivity index (χ1n) is 10.5. The van der Waals surface area contributed by atoms with E-state index in [0.717, 1.165) is 10.9 Å². The van der Waals surface area contributed by atoms with Crippen LogP contribution in [-0.4, -0.2) is 49.0 Å². The number of ether oxygens (including phenoxy) is 1. The van der Waals surface area contributed by atoms with Crippen molar-refractivity contribution in [3.05, 3.63) is 60.3 Å². The Balaban J connectivity index is 1.28. The second-order valence-corrected chi connectivity index (χ2v) is 7.82. The Morgan fingerprint density at radius 1 is 1.09 bits per heavy atom. The maximum atomic E-state index is 12.6. The first-order valence-corrected chi connectivity index (χ1v) is 10.5. The molecule has 1 fully saturated rings. The van der Waals surface area contributed by atoms with E-state index in [2.05, 4.69) is 10.6 Å². The topological polar surface area (TPSA) is 92.7 Å². The van der Waals surface area contributed by atoms with Crippen molar-refractivity contribution in [1.82, 2.24) is 15.2 Å². The minimum absolute atomic E-state index is 0.0948. The molecule has 4 rings (SSSR count). The lowest BCUT2D eigenvalue weighted by atomic mass is 10.1. The second-order valence-electron chi connectivity index (χ2n) is 7.82. The maximum absolute atomic E-state index is 12.6. The van der Waals surface area contributed by atoms with Crippen molar-refractivity contribution in [3.63, 3.8) is 0 Å². The Labute approximate surface area is 186 Å². The summed E-state index contributed by atoms with van der Waals surface area (Å²) in [6.07, 6.45) is 1.96. The molecule has 3 aromatic rings. The number of nitrogens with zero attached hydrogens (tertiary/aromatic N) is 2. The van der Waals surface area contributed by atoms with Crippen LogP contribution in [0.2, 0.25) is 0 Å². The van der Waals surface area contributed by atoms with Gasteiger partial charge in [-0.15, -0.1) is 0 Å². The molecule has 3 amide bonds. The van der Waals surface area contributed by atoms with E-state index in [1.807, 2.05) is 48.0 Å². The van der Waals surface area contributed by atoms with Gasteiger partial charge in [0.1, 0.15) is 5.75 Å². The van der Waals surface area contributed by atoms with Gasteiger partial charge in [-0.1, -0.05) is 24.3 Å². The minimum Gasteiger partial charge on any atom is -0.497 e. The number of nitrogens with one attached hydrogen (secondary N) is 2. The van der Waals surface area contributed by atoms with Crippen LogP contribution in [0.15, 0.2) is 54.7 Å². The largest absolute Gasteiger partial charge is 0.497 e. The normalized spacial score (nSPS) is 15.8. The molecule has 32 heavy (non-hydrogen) atoms. The molecule has 1 aromatic heterocycles. The van der Waals surface area contributed by atoms with Crippen LogP contribution in [0, 0.1) is 5.92 Å². The van der Waals surface area contributed by atoms with Gasteiger partial charge < -0.3 is 24.8 Å². The number of rotatable bonds is 7. The Morgan fingerprint density at radius 2 is 1.88 bits per heavy atom. The van der Waals surface area contributed by atoms with Crippen molar-refractivity contribution in [2.45, 2.75) is 6.42 Å². The average molecular weight is 434 g/mol. The van der Waals surface area contributed by atoms with E-state index >= 15 is 0 Å². The van der Waals surface area contributed by atoms with Crippen molar-refractivity contribution < 1.29 is 19.1 Å². The number of carbonyl (C=O) groups is 3. The summed E-state index contributed by atoms with van der Waals surface area (Å²) in [5.41, 5.74) is 2.30. The SMILES string of the molecule is COc1cccc(N2C[C@H](C(=O)NCCNC(=O)c3cn(C)c4ccccc34)CC2=O)c1. The third-order valence-electron chi connectivity index (χ3n) is 5.71. The summed E-state index contributed by atoms with van der Waals surface area (Å²) >= 11 is 0. The van der Waals surface area contributed by atoms with Crippen LogP contribution in [0.25, 0.3) is 10.9 Å². The number of fused-ring (bicyclic) bond motifs is 1. The molecule has 0 spiro atoms. The standard InChI is InChI=1S/C24H26N4O4/c1-27-15-20(19-8-3-4-9-21(19)27)24(31)26-11-10-25-23(30)16-12-22(29)28(14-16)17-6-5-7-18(13-17)32-2/h3-9,13,15-16H,10-12,14H2,1-2H3,(H,25,30)(H,26,31)/t16-/m1/s1. The van der Waals surface area contributed by atoms with E-state index in [9.17, 15) is 14.4 Å². The lowest BCUT2D eigenvalue weighted by Gasteiger charge is -2.17. The highest BCUT2D eigenvalue weighted by Gasteiger charge is 2.35. The average Bonchev–Trinajstić information content (AvgIpc) is 3.37. The highest BCUT2D eigenvalue weighted by molar-refractivity contribution is 6.07. The number of methoxy groups -OCH3 is 1. The number of hydrogen-bond acceptors (Lipinski definition) is 4. The van der Waals surface area contributed by atoms with Gasteiger partial charge in [-0.2, -0.15) is 0 Å². The van der Waals surface area contributed by atoms with Crippen LogP contribution < -0.4 is 20.3 Å². The summed E-state index contributed by atoms with van der Waals surface area (Å²) in [6.45, 7) is 0.910. The van der Waals surface area contributed by atoms with Gasteiger partial charge in [0.25, 0.3) is 5.91 Å². The molecule has 166 valence electrons. The minimum atomic E-state index is -0.428. The van der Waals surface area contributed by atoms with E-state index in [-0.39, 0.29) is 24.1 Å². The third kappa shape index (κ3) is 4.30. The molecule has 2 N–H and O–H groups in total. The van der Waals surface area contributed by atoms with Crippen LogP contribution in [0.3, 0.4) is 0 Å². The molecule has 0 bridgehead atoms. The first-order chi connectivity index (χ1) is 15.5. The molecule has 2 heterocycles. The molecule has 0 unspecified atom stereocenters. The number of benzene rings is 2. The number of anilines is 1. The number of aromatic nitrogens is 1. The molecule has 1 saturated heterocycles. The number of para-hydroxylation sites is 1. The Hall–Kier alpha value is -3.81. The lowest BCUT2D eigenvalue weighted by molar-refractivity contribution is -0.126. The fourth-order valence-corrected chi connectivity index (χ4v) is 4.04. The van der Waals surface area contributed by atoms with E-state index in [4.69, 9.17) is 4.74 Å². The Bertz CT molecular complexity index is 1170. The van der Waals surface area contributed by atoms with E-state index < -0.39 is 5.92 Å². The predicted octanol–water partition coefficient (Wildman–Crippen LogP) is 2.09. The van der Waals surface area contributed by atoms with Gasteiger partial charge >= 0.3 is 0 Å². The fraction of sp³-hybridized carbons (Fsp3) is 0.292. The van der Waals surface area contributed by atoms with Gasteiger partial charge in [0, 0.05) is 62.0 Å². The van der Waals surface area contributed by atoms with Gasteiger partial charge in [-0.25, -0.2) is 0 Å². The Morgan fingerprint density at radius 3 is 2.69 bits per heavy atom. The van der Waals surface area contributed by atoms with Gasteiger partial charge in [-0.3, -0.25) is 14.4 Å². The molecule has 8 nitrogen and oxygen atoms in total. The summed E-state index contributed by atoms with van der Waals surface area (Å²) in [5.74, 6) is -0.241. The summed E-state index contributed by atoms with van der Waals surface area (Å²) in [5, 5.41) is 6.56. The van der Waals surface area contributed by atoms with Crippen LogP contribution >= 0.6 is 0 Å². The third-order valence-corrected chi connectivity index (χ3v) is 5.71. The van der Waals surface area contributed by atoms with Crippen LogP contribution in [0.4, 0.5) is 5.69 Å². The fourth-order valence-electron chi connectivity index (χ4n) is 4.04. The second kappa shape index (κ2) is 9.13. The zero-order chi connectivity index (χ0) is 22.7. The molecule has 0 radical (unpaired) electrons.